The van der Waals surface area contributed by atoms with Gasteiger partial charge in [-0.2, -0.15) is 0 Å². The van der Waals surface area contributed by atoms with Gasteiger partial charge in [-0.1, -0.05) is 6.92 Å². The molecule has 1 saturated heterocycles. The van der Waals surface area contributed by atoms with Gasteiger partial charge in [0.15, 0.2) is 0 Å². The number of hydrogen-bond acceptors (Lipinski definition) is 3. The molecule has 1 aliphatic rings. The van der Waals surface area contributed by atoms with Crippen LogP contribution in [0.25, 0.3) is 0 Å². The number of likely N-dealkylation sites (tertiary alicyclic amines) is 1. The van der Waals surface area contributed by atoms with Crippen molar-refractivity contribution >= 4 is 0 Å². The first-order valence-electron chi connectivity index (χ1n) is 6.74. The van der Waals surface area contributed by atoms with Gasteiger partial charge in [0, 0.05) is 18.1 Å². The van der Waals surface area contributed by atoms with E-state index in [0.717, 1.165) is 12.5 Å². The third-order valence-electron chi connectivity index (χ3n) is 3.99. The number of hydrogen-bond donors (Lipinski definition) is 1. The smallest absolute Gasteiger partial charge is 0.0119 e. The van der Waals surface area contributed by atoms with E-state index in [-0.39, 0.29) is 0 Å². The molecular weight excluding hydrogens is 198 g/mol. The van der Waals surface area contributed by atoms with Crippen LogP contribution in [0.2, 0.25) is 0 Å². The van der Waals surface area contributed by atoms with Crippen LogP contribution in [-0.4, -0.2) is 54.6 Å². The molecule has 0 radical (unpaired) electrons. The Labute approximate surface area is 101 Å². The molecule has 1 fully saturated rings. The molecule has 0 aromatic carbocycles. The summed E-state index contributed by atoms with van der Waals surface area (Å²) in [5, 5.41) is 0. The van der Waals surface area contributed by atoms with E-state index in [0.29, 0.717) is 12.1 Å². The van der Waals surface area contributed by atoms with Crippen molar-refractivity contribution in [1.29, 1.82) is 0 Å². The third-order valence-corrected chi connectivity index (χ3v) is 3.99. The Morgan fingerprint density at radius 2 is 1.88 bits per heavy atom. The first kappa shape index (κ1) is 13.9. The first-order chi connectivity index (χ1) is 7.54. The Kier molecular flexibility index (Phi) is 5.73. The standard InChI is InChI=1S/C13H29N3/c1-5-16-8-6-13(7-9-16)15(4)12(3)10-11(2)14/h11-13H,5-10,14H2,1-4H3. The van der Waals surface area contributed by atoms with E-state index < -0.39 is 0 Å². The molecule has 1 aliphatic heterocycles. The minimum Gasteiger partial charge on any atom is -0.328 e. The average molecular weight is 227 g/mol. The molecule has 3 nitrogen and oxygen atoms in total. The van der Waals surface area contributed by atoms with Crippen LogP contribution in [0.15, 0.2) is 0 Å². The van der Waals surface area contributed by atoms with E-state index in [2.05, 4.69) is 37.6 Å². The highest BCUT2D eigenvalue weighted by Gasteiger charge is 2.24. The van der Waals surface area contributed by atoms with Crippen molar-refractivity contribution in [1.82, 2.24) is 9.80 Å². The van der Waals surface area contributed by atoms with Crippen molar-refractivity contribution < 1.29 is 0 Å². The van der Waals surface area contributed by atoms with Crippen LogP contribution in [0.5, 0.6) is 0 Å². The largest absolute Gasteiger partial charge is 0.328 e. The second-order valence-electron chi connectivity index (χ2n) is 5.39. The second kappa shape index (κ2) is 6.58. The summed E-state index contributed by atoms with van der Waals surface area (Å²) in [6, 6.07) is 1.68. The first-order valence-corrected chi connectivity index (χ1v) is 6.74. The molecule has 2 atom stereocenters. The summed E-state index contributed by atoms with van der Waals surface area (Å²) in [5.41, 5.74) is 5.87. The highest BCUT2D eigenvalue weighted by Crippen LogP contribution is 2.18. The summed E-state index contributed by atoms with van der Waals surface area (Å²) in [5.74, 6) is 0. The van der Waals surface area contributed by atoms with Gasteiger partial charge in [0.2, 0.25) is 0 Å². The Bertz CT molecular complexity index is 186. The zero-order valence-corrected chi connectivity index (χ0v) is 11.4. The Balaban J connectivity index is 2.34. The molecule has 0 aromatic heterocycles. The second-order valence-corrected chi connectivity index (χ2v) is 5.39. The van der Waals surface area contributed by atoms with Gasteiger partial charge in [-0.25, -0.2) is 0 Å². The molecule has 96 valence electrons. The molecular formula is C13H29N3. The molecule has 2 unspecified atom stereocenters. The van der Waals surface area contributed by atoms with E-state index in [1.54, 1.807) is 0 Å². The monoisotopic (exact) mass is 227 g/mol. The maximum Gasteiger partial charge on any atom is 0.0119 e. The summed E-state index contributed by atoms with van der Waals surface area (Å²) in [7, 11) is 2.26. The summed E-state index contributed by atoms with van der Waals surface area (Å²) >= 11 is 0. The summed E-state index contributed by atoms with van der Waals surface area (Å²) in [6.45, 7) is 10.4. The molecule has 0 amide bonds. The predicted molar refractivity (Wildman–Crippen MR) is 70.6 cm³/mol. The summed E-state index contributed by atoms with van der Waals surface area (Å²) < 4.78 is 0. The van der Waals surface area contributed by atoms with Gasteiger partial charge in [-0.3, -0.25) is 0 Å². The molecule has 0 saturated carbocycles. The van der Waals surface area contributed by atoms with Crippen LogP contribution in [0.3, 0.4) is 0 Å². The molecule has 0 spiro atoms. The van der Waals surface area contributed by atoms with E-state index in [4.69, 9.17) is 5.73 Å². The van der Waals surface area contributed by atoms with Crippen LogP contribution in [-0.2, 0) is 0 Å². The number of piperidine rings is 1. The maximum absolute atomic E-state index is 5.87. The SMILES string of the molecule is CCN1CCC(N(C)C(C)CC(C)N)CC1. The predicted octanol–water partition coefficient (Wildman–Crippen LogP) is 1.53. The fourth-order valence-electron chi connectivity index (χ4n) is 2.71. The average Bonchev–Trinajstić information content (AvgIpc) is 2.27. The molecule has 0 aromatic rings. The van der Waals surface area contributed by atoms with Gasteiger partial charge in [-0.05, 0) is 59.8 Å². The molecule has 0 bridgehead atoms. The van der Waals surface area contributed by atoms with Gasteiger partial charge in [0.25, 0.3) is 0 Å². The number of rotatable bonds is 5. The Morgan fingerprint density at radius 3 is 2.31 bits per heavy atom. The highest BCUT2D eigenvalue weighted by molar-refractivity contribution is 4.81. The van der Waals surface area contributed by atoms with Crippen molar-refractivity contribution in [3.05, 3.63) is 0 Å². The summed E-state index contributed by atoms with van der Waals surface area (Å²) in [4.78, 5) is 5.08. The number of nitrogens with two attached hydrogens (primary N) is 1. The van der Waals surface area contributed by atoms with E-state index in [1.165, 1.54) is 32.5 Å². The lowest BCUT2D eigenvalue weighted by Crippen LogP contribution is -2.47. The van der Waals surface area contributed by atoms with Crippen LogP contribution >= 0.6 is 0 Å². The molecule has 16 heavy (non-hydrogen) atoms. The van der Waals surface area contributed by atoms with E-state index in [9.17, 15) is 0 Å². The van der Waals surface area contributed by atoms with Crippen LogP contribution in [0.4, 0.5) is 0 Å². The highest BCUT2D eigenvalue weighted by atomic mass is 15.2. The fourth-order valence-corrected chi connectivity index (χ4v) is 2.71. The molecule has 0 aliphatic carbocycles. The topological polar surface area (TPSA) is 32.5 Å². The third kappa shape index (κ3) is 4.04. The quantitative estimate of drug-likeness (QED) is 0.773. The van der Waals surface area contributed by atoms with E-state index >= 15 is 0 Å². The van der Waals surface area contributed by atoms with Crippen molar-refractivity contribution in [3.8, 4) is 0 Å². The molecule has 3 heteroatoms. The molecule has 1 rings (SSSR count). The maximum atomic E-state index is 5.87. The van der Waals surface area contributed by atoms with Crippen molar-refractivity contribution in [2.75, 3.05) is 26.7 Å². The van der Waals surface area contributed by atoms with Crippen molar-refractivity contribution in [3.63, 3.8) is 0 Å². The zero-order chi connectivity index (χ0) is 12.1. The minimum absolute atomic E-state index is 0.313. The summed E-state index contributed by atoms with van der Waals surface area (Å²) in [6.07, 6.45) is 3.73. The van der Waals surface area contributed by atoms with Crippen molar-refractivity contribution in [2.24, 2.45) is 5.73 Å². The lowest BCUT2D eigenvalue weighted by Gasteiger charge is -2.39. The van der Waals surface area contributed by atoms with Gasteiger partial charge in [0.1, 0.15) is 0 Å². The number of nitrogens with zero attached hydrogens (tertiary/aromatic N) is 2. The van der Waals surface area contributed by atoms with Crippen LogP contribution in [0, 0.1) is 0 Å². The minimum atomic E-state index is 0.313. The molecule has 2 N–H and O–H groups in total. The lowest BCUT2D eigenvalue weighted by molar-refractivity contribution is 0.0991. The Morgan fingerprint density at radius 1 is 1.31 bits per heavy atom. The van der Waals surface area contributed by atoms with Crippen molar-refractivity contribution in [2.45, 2.75) is 58.2 Å². The molecule has 1 heterocycles. The normalized spacial score (nSPS) is 23.6. The zero-order valence-electron chi connectivity index (χ0n) is 11.4. The van der Waals surface area contributed by atoms with Crippen LogP contribution < -0.4 is 5.73 Å². The van der Waals surface area contributed by atoms with Gasteiger partial charge in [0.05, 0.1) is 0 Å². The van der Waals surface area contributed by atoms with Gasteiger partial charge in [-0.15, -0.1) is 0 Å². The lowest BCUT2D eigenvalue weighted by atomic mass is 10.00. The van der Waals surface area contributed by atoms with Gasteiger partial charge < -0.3 is 15.5 Å². The van der Waals surface area contributed by atoms with Gasteiger partial charge >= 0.3 is 0 Å². The fraction of sp³-hybridized carbons (Fsp3) is 1.00. The van der Waals surface area contributed by atoms with E-state index in [1.807, 2.05) is 0 Å². The Hall–Kier alpha value is -0.120. The van der Waals surface area contributed by atoms with Crippen LogP contribution in [0.1, 0.15) is 40.0 Å².